The van der Waals surface area contributed by atoms with E-state index in [-0.39, 0.29) is 0 Å². The Morgan fingerprint density at radius 1 is 1.18 bits per heavy atom. The van der Waals surface area contributed by atoms with Gasteiger partial charge in [-0.1, -0.05) is 25.0 Å². The smallest absolute Gasteiger partial charge is 0.319 e. The van der Waals surface area contributed by atoms with Crippen LogP contribution in [0.5, 0.6) is 0 Å². The van der Waals surface area contributed by atoms with E-state index in [4.69, 9.17) is 9.84 Å². The molecule has 3 rings (SSSR count). The highest BCUT2D eigenvalue weighted by Gasteiger charge is 2.57. The summed E-state index contributed by atoms with van der Waals surface area (Å²) in [6, 6.07) is 7.40. The summed E-state index contributed by atoms with van der Waals surface area (Å²) < 4.78 is 5.84. The Morgan fingerprint density at radius 3 is 2.36 bits per heavy atom. The maximum absolute atomic E-state index is 12.0. The molecule has 2 N–H and O–H groups in total. The number of carboxylic acids is 1. The van der Waals surface area contributed by atoms with Gasteiger partial charge in [-0.3, -0.25) is 9.59 Å². The summed E-state index contributed by atoms with van der Waals surface area (Å²) >= 11 is 0. The average Bonchev–Trinajstić information content (AvgIpc) is 3.18. The van der Waals surface area contributed by atoms with E-state index in [1.807, 2.05) is 12.1 Å². The molecule has 22 heavy (non-hydrogen) atoms. The van der Waals surface area contributed by atoms with E-state index in [0.29, 0.717) is 31.2 Å². The molecule has 0 radical (unpaired) electrons. The molecule has 0 spiro atoms. The van der Waals surface area contributed by atoms with Gasteiger partial charge < -0.3 is 15.2 Å². The van der Waals surface area contributed by atoms with E-state index in [0.717, 1.165) is 18.4 Å². The standard InChI is InChI=1S/C17H21NO4/c19-15(17(9-10-17)16(20)21)18-13-7-5-12(6-8-13)11-22-14-3-1-2-4-14/h5-8,14H,1-4,9-11H2,(H,18,19)(H,20,21). The molecule has 1 aromatic rings. The monoisotopic (exact) mass is 303 g/mol. The zero-order chi connectivity index (χ0) is 15.6. The van der Waals surface area contributed by atoms with Gasteiger partial charge in [0.05, 0.1) is 12.7 Å². The molecule has 118 valence electrons. The van der Waals surface area contributed by atoms with E-state index < -0.39 is 17.3 Å². The largest absolute Gasteiger partial charge is 0.480 e. The summed E-state index contributed by atoms with van der Waals surface area (Å²) in [5, 5.41) is 11.8. The number of ether oxygens (including phenoxy) is 1. The van der Waals surface area contributed by atoms with Gasteiger partial charge >= 0.3 is 5.97 Å². The van der Waals surface area contributed by atoms with E-state index in [9.17, 15) is 9.59 Å². The van der Waals surface area contributed by atoms with Crippen LogP contribution in [0.3, 0.4) is 0 Å². The van der Waals surface area contributed by atoms with Gasteiger partial charge in [-0.2, -0.15) is 0 Å². The second-order valence-corrected chi connectivity index (χ2v) is 6.26. The van der Waals surface area contributed by atoms with Crippen LogP contribution in [0.1, 0.15) is 44.1 Å². The fourth-order valence-electron chi connectivity index (χ4n) is 2.87. The predicted octanol–water partition coefficient (Wildman–Crippen LogP) is 2.95. The summed E-state index contributed by atoms with van der Waals surface area (Å²) in [5.41, 5.74) is 0.482. The van der Waals surface area contributed by atoms with Gasteiger partial charge in [0, 0.05) is 5.69 Å². The Morgan fingerprint density at radius 2 is 1.82 bits per heavy atom. The summed E-state index contributed by atoms with van der Waals surface area (Å²) in [6.07, 6.45) is 6.01. The molecule has 1 aromatic carbocycles. The molecule has 0 saturated heterocycles. The first kappa shape index (κ1) is 15.0. The van der Waals surface area contributed by atoms with Crippen molar-refractivity contribution in [2.75, 3.05) is 5.32 Å². The van der Waals surface area contributed by atoms with Crippen molar-refractivity contribution in [1.82, 2.24) is 0 Å². The van der Waals surface area contributed by atoms with Crippen molar-refractivity contribution in [3.63, 3.8) is 0 Å². The van der Waals surface area contributed by atoms with Crippen LogP contribution in [0.25, 0.3) is 0 Å². The lowest BCUT2D eigenvalue weighted by molar-refractivity contribution is -0.147. The van der Waals surface area contributed by atoms with Crippen LogP contribution < -0.4 is 5.32 Å². The molecular weight excluding hydrogens is 282 g/mol. The van der Waals surface area contributed by atoms with Crippen molar-refractivity contribution >= 4 is 17.6 Å². The molecule has 2 fully saturated rings. The van der Waals surface area contributed by atoms with Crippen LogP contribution in [-0.2, 0) is 20.9 Å². The number of rotatable bonds is 6. The summed E-state index contributed by atoms with van der Waals surface area (Å²) in [6.45, 7) is 0.581. The molecule has 2 saturated carbocycles. The maximum atomic E-state index is 12.0. The minimum Gasteiger partial charge on any atom is -0.480 e. The SMILES string of the molecule is O=C(O)C1(C(=O)Nc2ccc(COC3CCCC3)cc2)CC1. The number of amides is 1. The predicted molar refractivity (Wildman–Crippen MR) is 81.4 cm³/mol. The first-order chi connectivity index (χ1) is 10.6. The first-order valence-electron chi connectivity index (χ1n) is 7.85. The Labute approximate surface area is 129 Å². The van der Waals surface area contributed by atoms with Crippen LogP contribution in [0, 0.1) is 5.41 Å². The number of aliphatic carboxylic acids is 1. The Hall–Kier alpha value is -1.88. The Bertz CT molecular complexity index is 557. The molecule has 2 aliphatic carbocycles. The molecule has 0 aliphatic heterocycles. The van der Waals surface area contributed by atoms with E-state index in [1.54, 1.807) is 12.1 Å². The van der Waals surface area contributed by atoms with E-state index in [1.165, 1.54) is 12.8 Å². The molecule has 0 unspecified atom stereocenters. The summed E-state index contributed by atoms with van der Waals surface area (Å²) in [7, 11) is 0. The molecular formula is C17H21NO4. The second-order valence-electron chi connectivity index (χ2n) is 6.26. The third kappa shape index (κ3) is 3.14. The zero-order valence-electron chi connectivity index (χ0n) is 12.5. The Kier molecular flexibility index (Phi) is 4.16. The summed E-state index contributed by atoms with van der Waals surface area (Å²) in [4.78, 5) is 23.1. The van der Waals surface area contributed by atoms with Gasteiger partial charge in [0.15, 0.2) is 0 Å². The fraction of sp³-hybridized carbons (Fsp3) is 0.529. The molecule has 0 aromatic heterocycles. The number of hydrogen-bond acceptors (Lipinski definition) is 3. The Balaban J connectivity index is 1.53. The zero-order valence-corrected chi connectivity index (χ0v) is 12.5. The van der Waals surface area contributed by atoms with Gasteiger partial charge in [-0.25, -0.2) is 0 Å². The van der Waals surface area contributed by atoms with Crippen molar-refractivity contribution in [3.8, 4) is 0 Å². The lowest BCUT2D eigenvalue weighted by Crippen LogP contribution is -2.31. The normalized spacial score (nSPS) is 19.8. The number of carbonyl (C=O) groups excluding carboxylic acids is 1. The average molecular weight is 303 g/mol. The third-order valence-electron chi connectivity index (χ3n) is 4.59. The lowest BCUT2D eigenvalue weighted by Gasteiger charge is -2.13. The van der Waals surface area contributed by atoms with E-state index >= 15 is 0 Å². The highest BCUT2D eigenvalue weighted by molar-refractivity contribution is 6.10. The highest BCUT2D eigenvalue weighted by Crippen LogP contribution is 2.46. The molecule has 5 nitrogen and oxygen atoms in total. The number of carboxylic acid groups (broad SMARTS) is 1. The van der Waals surface area contributed by atoms with Gasteiger partial charge in [-0.15, -0.1) is 0 Å². The second kappa shape index (κ2) is 6.08. The molecule has 2 aliphatic rings. The number of nitrogens with one attached hydrogen (secondary N) is 1. The van der Waals surface area contributed by atoms with E-state index in [2.05, 4.69) is 5.32 Å². The maximum Gasteiger partial charge on any atom is 0.319 e. The molecule has 0 atom stereocenters. The minimum atomic E-state index is -1.20. The number of benzene rings is 1. The third-order valence-corrected chi connectivity index (χ3v) is 4.59. The van der Waals surface area contributed by atoms with Crippen molar-refractivity contribution in [1.29, 1.82) is 0 Å². The van der Waals surface area contributed by atoms with Crippen molar-refractivity contribution < 1.29 is 19.4 Å². The minimum absolute atomic E-state index is 0.379. The van der Waals surface area contributed by atoms with Gasteiger partial charge in [-0.05, 0) is 43.4 Å². The van der Waals surface area contributed by atoms with Crippen LogP contribution in [0.2, 0.25) is 0 Å². The topological polar surface area (TPSA) is 75.6 Å². The van der Waals surface area contributed by atoms with Crippen LogP contribution >= 0.6 is 0 Å². The highest BCUT2D eigenvalue weighted by atomic mass is 16.5. The summed E-state index contributed by atoms with van der Waals surface area (Å²) in [5.74, 6) is -1.46. The lowest BCUT2D eigenvalue weighted by atomic mass is 10.1. The molecule has 1 amide bonds. The van der Waals surface area contributed by atoms with Crippen molar-refractivity contribution in [2.24, 2.45) is 5.41 Å². The fourth-order valence-corrected chi connectivity index (χ4v) is 2.87. The van der Waals surface area contributed by atoms with Gasteiger partial charge in [0.1, 0.15) is 5.41 Å². The van der Waals surface area contributed by atoms with Crippen molar-refractivity contribution in [3.05, 3.63) is 29.8 Å². The van der Waals surface area contributed by atoms with Crippen LogP contribution in [0.15, 0.2) is 24.3 Å². The number of carbonyl (C=O) groups is 2. The number of hydrogen-bond donors (Lipinski definition) is 2. The number of anilines is 1. The van der Waals surface area contributed by atoms with Crippen LogP contribution in [-0.4, -0.2) is 23.1 Å². The van der Waals surface area contributed by atoms with Gasteiger partial charge in [0.2, 0.25) is 5.91 Å². The van der Waals surface area contributed by atoms with Crippen molar-refractivity contribution in [2.45, 2.75) is 51.2 Å². The van der Waals surface area contributed by atoms with Crippen LogP contribution in [0.4, 0.5) is 5.69 Å². The van der Waals surface area contributed by atoms with Gasteiger partial charge in [0.25, 0.3) is 0 Å². The quantitative estimate of drug-likeness (QED) is 0.792. The molecule has 0 bridgehead atoms. The molecule has 0 heterocycles. The first-order valence-corrected chi connectivity index (χ1v) is 7.85. The molecule has 5 heteroatoms.